The summed E-state index contributed by atoms with van der Waals surface area (Å²) in [7, 11) is 0. The van der Waals surface area contributed by atoms with E-state index in [2.05, 4.69) is 32.7 Å². The maximum Gasteiger partial charge on any atom is 0.171 e. The molecule has 0 spiro atoms. The lowest BCUT2D eigenvalue weighted by molar-refractivity contribution is 0.0979. The molecule has 0 aromatic carbocycles. The van der Waals surface area contributed by atoms with Crippen molar-refractivity contribution in [1.82, 2.24) is 4.98 Å². The average Bonchev–Trinajstić information content (AvgIpc) is 2.30. The molecule has 0 aliphatic carbocycles. The van der Waals surface area contributed by atoms with Crippen molar-refractivity contribution in [3.63, 3.8) is 0 Å². The van der Waals surface area contributed by atoms with Gasteiger partial charge in [0.1, 0.15) is 0 Å². The highest BCUT2D eigenvalue weighted by Gasteiger charge is 2.23. The summed E-state index contributed by atoms with van der Waals surface area (Å²) in [6, 6.07) is 2.30. The van der Waals surface area contributed by atoms with E-state index in [9.17, 15) is 0 Å². The van der Waals surface area contributed by atoms with E-state index < -0.39 is 0 Å². The zero-order chi connectivity index (χ0) is 13.1. The van der Waals surface area contributed by atoms with Gasteiger partial charge in [0, 0.05) is 17.2 Å². The Labute approximate surface area is 116 Å². The van der Waals surface area contributed by atoms with Crippen molar-refractivity contribution < 1.29 is 9.47 Å². The molecule has 2 heterocycles. The molecule has 1 aliphatic heterocycles. The molecule has 1 aliphatic rings. The number of anilines is 1. The Bertz CT molecular complexity index is 412. The second-order valence-electron chi connectivity index (χ2n) is 4.76. The highest BCUT2D eigenvalue weighted by molar-refractivity contribution is 9.10. The van der Waals surface area contributed by atoms with Crippen LogP contribution in [-0.2, 0) is 4.74 Å². The number of aromatic nitrogens is 1. The van der Waals surface area contributed by atoms with Gasteiger partial charge in [0.25, 0.3) is 0 Å². The third-order valence-corrected chi connectivity index (χ3v) is 3.24. The number of morpholine rings is 1. The fourth-order valence-corrected chi connectivity index (χ4v) is 2.32. The van der Waals surface area contributed by atoms with Gasteiger partial charge in [-0.25, -0.2) is 4.98 Å². The van der Waals surface area contributed by atoms with Gasteiger partial charge in [0.2, 0.25) is 0 Å². The van der Waals surface area contributed by atoms with Crippen molar-refractivity contribution in [2.75, 3.05) is 24.7 Å². The summed E-state index contributed by atoms with van der Waals surface area (Å²) < 4.78 is 12.2. The second-order valence-corrected chi connectivity index (χ2v) is 5.67. The lowest BCUT2D eigenvalue weighted by Gasteiger charge is -2.35. The van der Waals surface area contributed by atoms with Gasteiger partial charge in [0.15, 0.2) is 11.6 Å². The minimum absolute atomic E-state index is 0.135. The lowest BCUT2D eigenvalue weighted by atomic mass is 10.2. The number of hydrogen-bond donors (Lipinski definition) is 0. The molecule has 4 nitrogen and oxygen atoms in total. The van der Waals surface area contributed by atoms with Crippen LogP contribution in [-0.4, -0.2) is 36.9 Å². The van der Waals surface area contributed by atoms with Crippen LogP contribution in [0.1, 0.15) is 20.8 Å². The Balaban J connectivity index is 2.30. The van der Waals surface area contributed by atoms with Crippen molar-refractivity contribution in [3.05, 3.63) is 16.7 Å². The van der Waals surface area contributed by atoms with Crippen LogP contribution in [0.4, 0.5) is 5.82 Å². The molecule has 5 heteroatoms. The first kappa shape index (κ1) is 13.6. The van der Waals surface area contributed by atoms with Crippen LogP contribution in [0.25, 0.3) is 0 Å². The lowest BCUT2D eigenvalue weighted by Crippen LogP contribution is -2.44. The minimum Gasteiger partial charge on any atom is -0.487 e. The molecule has 0 N–H and O–H groups in total. The summed E-state index contributed by atoms with van der Waals surface area (Å²) in [6.45, 7) is 8.51. The summed E-state index contributed by atoms with van der Waals surface area (Å²) >= 11 is 3.44. The Morgan fingerprint density at radius 1 is 1.56 bits per heavy atom. The van der Waals surface area contributed by atoms with E-state index in [4.69, 9.17) is 9.47 Å². The second kappa shape index (κ2) is 5.89. The zero-order valence-electron chi connectivity index (χ0n) is 11.0. The van der Waals surface area contributed by atoms with E-state index >= 15 is 0 Å². The van der Waals surface area contributed by atoms with E-state index in [-0.39, 0.29) is 6.10 Å². The molecule has 1 saturated heterocycles. The van der Waals surface area contributed by atoms with Gasteiger partial charge in [-0.3, -0.25) is 0 Å². The Kier molecular flexibility index (Phi) is 4.45. The standard InChI is InChI=1S/C13H19BrN2O2/c1-9(2)18-12-6-11(14)7-15-13(12)16-4-5-17-8-10(16)3/h6-7,9-10H,4-5,8H2,1-3H3. The van der Waals surface area contributed by atoms with Gasteiger partial charge in [0.05, 0.1) is 25.4 Å². The van der Waals surface area contributed by atoms with Crippen molar-refractivity contribution in [2.24, 2.45) is 0 Å². The molecule has 1 aromatic heterocycles. The van der Waals surface area contributed by atoms with Crippen LogP contribution >= 0.6 is 15.9 Å². The highest BCUT2D eigenvalue weighted by Crippen LogP contribution is 2.31. The van der Waals surface area contributed by atoms with Crippen LogP contribution in [0.15, 0.2) is 16.7 Å². The molecule has 18 heavy (non-hydrogen) atoms. The zero-order valence-corrected chi connectivity index (χ0v) is 12.6. The highest BCUT2D eigenvalue weighted by atomic mass is 79.9. The largest absolute Gasteiger partial charge is 0.487 e. The Morgan fingerprint density at radius 3 is 3.00 bits per heavy atom. The van der Waals surface area contributed by atoms with Crippen LogP contribution in [0.3, 0.4) is 0 Å². The molecule has 100 valence electrons. The minimum atomic E-state index is 0.135. The van der Waals surface area contributed by atoms with E-state index in [1.54, 1.807) is 0 Å². The number of rotatable bonds is 3. The molecule has 0 radical (unpaired) electrons. The van der Waals surface area contributed by atoms with Crippen LogP contribution in [0, 0.1) is 0 Å². The number of halogens is 1. The molecule has 0 amide bonds. The Morgan fingerprint density at radius 2 is 2.33 bits per heavy atom. The van der Waals surface area contributed by atoms with Crippen molar-refractivity contribution in [1.29, 1.82) is 0 Å². The first-order valence-electron chi connectivity index (χ1n) is 6.24. The fourth-order valence-electron chi connectivity index (χ4n) is 2.01. The van der Waals surface area contributed by atoms with E-state index in [0.29, 0.717) is 6.04 Å². The average molecular weight is 315 g/mol. The third-order valence-electron chi connectivity index (χ3n) is 2.80. The van der Waals surface area contributed by atoms with Gasteiger partial charge in [-0.15, -0.1) is 0 Å². The molecule has 2 rings (SSSR count). The molecule has 0 bridgehead atoms. The summed E-state index contributed by atoms with van der Waals surface area (Å²) in [4.78, 5) is 6.75. The molecule has 1 unspecified atom stereocenters. The smallest absolute Gasteiger partial charge is 0.171 e. The van der Waals surface area contributed by atoms with Gasteiger partial charge in [-0.2, -0.15) is 0 Å². The predicted molar refractivity (Wildman–Crippen MR) is 75.3 cm³/mol. The monoisotopic (exact) mass is 314 g/mol. The first-order chi connectivity index (χ1) is 8.58. The van der Waals surface area contributed by atoms with Crippen LogP contribution in [0.5, 0.6) is 5.75 Å². The van der Waals surface area contributed by atoms with Crippen LogP contribution < -0.4 is 9.64 Å². The summed E-state index contributed by atoms with van der Waals surface area (Å²) in [5, 5.41) is 0. The topological polar surface area (TPSA) is 34.6 Å². The van der Waals surface area contributed by atoms with E-state index in [1.807, 2.05) is 26.1 Å². The SMILES string of the molecule is CC(C)Oc1cc(Br)cnc1N1CCOCC1C. The van der Waals surface area contributed by atoms with E-state index in [1.165, 1.54) is 0 Å². The van der Waals surface area contributed by atoms with Crippen molar-refractivity contribution in [3.8, 4) is 5.75 Å². The predicted octanol–water partition coefficient (Wildman–Crippen LogP) is 2.86. The molecular weight excluding hydrogens is 296 g/mol. The maximum absolute atomic E-state index is 5.85. The Hall–Kier alpha value is -0.810. The quantitative estimate of drug-likeness (QED) is 0.859. The van der Waals surface area contributed by atoms with Crippen molar-refractivity contribution >= 4 is 21.7 Å². The molecule has 1 fully saturated rings. The van der Waals surface area contributed by atoms with Gasteiger partial charge >= 0.3 is 0 Å². The number of ether oxygens (including phenoxy) is 2. The maximum atomic E-state index is 5.85. The normalized spacial score (nSPS) is 20.3. The number of hydrogen-bond acceptors (Lipinski definition) is 4. The number of nitrogens with zero attached hydrogens (tertiary/aromatic N) is 2. The third kappa shape index (κ3) is 3.14. The summed E-state index contributed by atoms with van der Waals surface area (Å²) in [5.41, 5.74) is 0. The molecule has 1 aromatic rings. The van der Waals surface area contributed by atoms with E-state index in [0.717, 1.165) is 35.8 Å². The van der Waals surface area contributed by atoms with Crippen LogP contribution in [0.2, 0.25) is 0 Å². The fraction of sp³-hybridized carbons (Fsp3) is 0.615. The molecular formula is C13H19BrN2O2. The molecule has 1 atom stereocenters. The van der Waals surface area contributed by atoms with Gasteiger partial charge < -0.3 is 14.4 Å². The first-order valence-corrected chi connectivity index (χ1v) is 7.04. The summed E-state index contributed by atoms with van der Waals surface area (Å²) in [6.07, 6.45) is 1.95. The molecule has 0 saturated carbocycles. The van der Waals surface area contributed by atoms with Gasteiger partial charge in [-0.1, -0.05) is 0 Å². The number of pyridine rings is 1. The summed E-state index contributed by atoms with van der Waals surface area (Å²) in [5.74, 6) is 1.73. The van der Waals surface area contributed by atoms with Gasteiger partial charge in [-0.05, 0) is 42.8 Å². The van der Waals surface area contributed by atoms with Crippen molar-refractivity contribution in [2.45, 2.75) is 32.9 Å².